The minimum Gasteiger partial charge on any atom is -0.465 e. The molecule has 118 valence electrons. The van der Waals surface area contributed by atoms with Crippen LogP contribution in [0.5, 0.6) is 0 Å². The number of likely N-dealkylation sites (tertiary alicyclic amines) is 1. The second-order valence-corrected chi connectivity index (χ2v) is 5.82. The molecule has 0 spiro atoms. The first-order chi connectivity index (χ1) is 9.33. The topological polar surface area (TPSA) is 83.6 Å². The minimum atomic E-state index is -0.856. The third-order valence-corrected chi connectivity index (χ3v) is 3.41. The SMILES string of the molecule is CC(C)C(=O)C(N)CC1CCN(C(=O)O)CC1.CCC. The Morgan fingerprint density at radius 2 is 1.70 bits per heavy atom. The second-order valence-electron chi connectivity index (χ2n) is 5.82. The number of nitrogens with two attached hydrogens (primary N) is 1. The molecule has 1 unspecified atom stereocenters. The number of carboxylic acid groups (broad SMARTS) is 1. The fourth-order valence-corrected chi connectivity index (χ4v) is 2.26. The van der Waals surface area contributed by atoms with Crippen molar-refractivity contribution >= 4 is 11.9 Å². The molecule has 1 fully saturated rings. The third kappa shape index (κ3) is 6.89. The number of Topliss-reactive ketones (excluding diaryl/α,β-unsaturated/α-hetero) is 1. The first-order valence-electron chi connectivity index (χ1n) is 7.60. The number of carbonyl (C=O) groups is 2. The average molecular weight is 286 g/mol. The molecule has 0 bridgehead atoms. The fraction of sp³-hybridized carbons (Fsp3) is 0.867. The second kappa shape index (κ2) is 9.75. The lowest BCUT2D eigenvalue weighted by Gasteiger charge is -2.31. The Hall–Kier alpha value is -1.10. The molecule has 1 aliphatic heterocycles. The largest absolute Gasteiger partial charge is 0.465 e. The zero-order chi connectivity index (χ0) is 15.7. The first-order valence-corrected chi connectivity index (χ1v) is 7.60. The molecule has 1 aliphatic rings. The van der Waals surface area contributed by atoms with Gasteiger partial charge in [-0.1, -0.05) is 34.1 Å². The lowest BCUT2D eigenvalue weighted by Crippen LogP contribution is -2.41. The van der Waals surface area contributed by atoms with E-state index in [1.165, 1.54) is 11.3 Å². The van der Waals surface area contributed by atoms with Crippen LogP contribution in [0.1, 0.15) is 53.4 Å². The summed E-state index contributed by atoms with van der Waals surface area (Å²) in [6, 6.07) is -0.392. The molecule has 1 atom stereocenters. The summed E-state index contributed by atoms with van der Waals surface area (Å²) >= 11 is 0. The maximum atomic E-state index is 11.7. The van der Waals surface area contributed by atoms with Gasteiger partial charge in [-0.2, -0.15) is 0 Å². The van der Waals surface area contributed by atoms with Crippen LogP contribution in [-0.2, 0) is 4.79 Å². The molecule has 1 heterocycles. The van der Waals surface area contributed by atoms with Crippen LogP contribution in [-0.4, -0.2) is 41.0 Å². The highest BCUT2D eigenvalue weighted by atomic mass is 16.4. The number of amides is 1. The Morgan fingerprint density at radius 1 is 1.25 bits per heavy atom. The molecule has 0 aliphatic carbocycles. The number of rotatable bonds is 4. The van der Waals surface area contributed by atoms with Crippen molar-refractivity contribution in [2.75, 3.05) is 13.1 Å². The Labute approximate surface area is 122 Å². The van der Waals surface area contributed by atoms with E-state index in [2.05, 4.69) is 13.8 Å². The summed E-state index contributed by atoms with van der Waals surface area (Å²) in [5, 5.41) is 8.81. The molecule has 0 aromatic rings. The van der Waals surface area contributed by atoms with Gasteiger partial charge in [0.15, 0.2) is 5.78 Å². The number of ketones is 1. The molecule has 3 N–H and O–H groups in total. The Balaban J connectivity index is 0.00000110. The molecule has 0 aromatic heterocycles. The van der Waals surface area contributed by atoms with Crippen molar-refractivity contribution in [1.29, 1.82) is 0 Å². The lowest BCUT2D eigenvalue weighted by atomic mass is 9.87. The van der Waals surface area contributed by atoms with Crippen molar-refractivity contribution in [3.8, 4) is 0 Å². The van der Waals surface area contributed by atoms with Crippen LogP contribution in [0.4, 0.5) is 4.79 Å². The van der Waals surface area contributed by atoms with E-state index >= 15 is 0 Å². The summed E-state index contributed by atoms with van der Waals surface area (Å²) in [7, 11) is 0. The van der Waals surface area contributed by atoms with Crippen molar-refractivity contribution in [2.24, 2.45) is 17.6 Å². The van der Waals surface area contributed by atoms with Crippen LogP contribution in [0.3, 0.4) is 0 Å². The van der Waals surface area contributed by atoms with E-state index in [1.807, 2.05) is 13.8 Å². The van der Waals surface area contributed by atoms with Crippen molar-refractivity contribution in [3.05, 3.63) is 0 Å². The van der Waals surface area contributed by atoms with Crippen LogP contribution >= 0.6 is 0 Å². The van der Waals surface area contributed by atoms with Crippen LogP contribution in [0, 0.1) is 11.8 Å². The summed E-state index contributed by atoms with van der Waals surface area (Å²) in [5.74, 6) is 0.457. The predicted octanol–water partition coefficient (Wildman–Crippen LogP) is 2.74. The number of nitrogens with zero attached hydrogens (tertiary/aromatic N) is 1. The number of piperidine rings is 1. The van der Waals surface area contributed by atoms with Crippen molar-refractivity contribution in [2.45, 2.75) is 59.4 Å². The van der Waals surface area contributed by atoms with Crippen LogP contribution in [0.2, 0.25) is 0 Å². The Morgan fingerprint density at radius 3 is 2.05 bits per heavy atom. The maximum Gasteiger partial charge on any atom is 0.407 e. The Bertz CT molecular complexity index is 297. The lowest BCUT2D eigenvalue weighted by molar-refractivity contribution is -0.123. The molecule has 0 saturated carbocycles. The van der Waals surface area contributed by atoms with E-state index < -0.39 is 12.1 Å². The number of hydrogen-bond donors (Lipinski definition) is 2. The van der Waals surface area contributed by atoms with E-state index in [1.54, 1.807) is 0 Å². The van der Waals surface area contributed by atoms with Gasteiger partial charge in [-0.05, 0) is 25.2 Å². The van der Waals surface area contributed by atoms with Gasteiger partial charge in [0, 0.05) is 19.0 Å². The monoisotopic (exact) mass is 286 g/mol. The molecule has 5 heteroatoms. The molecule has 0 radical (unpaired) electrons. The van der Waals surface area contributed by atoms with Gasteiger partial charge in [0.05, 0.1) is 6.04 Å². The van der Waals surface area contributed by atoms with Crippen LogP contribution in [0.15, 0.2) is 0 Å². The van der Waals surface area contributed by atoms with Gasteiger partial charge in [-0.25, -0.2) is 4.79 Å². The van der Waals surface area contributed by atoms with Gasteiger partial charge in [-0.3, -0.25) is 4.79 Å². The predicted molar refractivity (Wildman–Crippen MR) is 80.7 cm³/mol. The molecular formula is C15H30N2O3. The van der Waals surface area contributed by atoms with E-state index in [0.29, 0.717) is 25.4 Å². The van der Waals surface area contributed by atoms with Gasteiger partial charge in [-0.15, -0.1) is 0 Å². The van der Waals surface area contributed by atoms with Gasteiger partial charge in [0.2, 0.25) is 0 Å². The summed E-state index contributed by atoms with van der Waals surface area (Å²) in [6.07, 6.45) is 2.70. The van der Waals surface area contributed by atoms with Gasteiger partial charge in [0.1, 0.15) is 0 Å². The molecule has 1 amide bonds. The normalized spacial score (nSPS) is 17.4. The average Bonchev–Trinajstić information content (AvgIpc) is 2.39. The molecule has 1 saturated heterocycles. The highest BCUT2D eigenvalue weighted by Gasteiger charge is 2.26. The zero-order valence-corrected chi connectivity index (χ0v) is 13.3. The maximum absolute atomic E-state index is 11.7. The summed E-state index contributed by atoms with van der Waals surface area (Å²) in [5.41, 5.74) is 5.86. The fourth-order valence-electron chi connectivity index (χ4n) is 2.26. The van der Waals surface area contributed by atoms with Crippen LogP contribution in [0.25, 0.3) is 0 Å². The molecule has 0 aromatic carbocycles. The zero-order valence-electron chi connectivity index (χ0n) is 13.3. The molecular weight excluding hydrogens is 256 g/mol. The standard InChI is InChI=1S/C12H22N2O3.C3H8/c1-8(2)11(15)10(13)7-9-3-5-14(6-4-9)12(16)17;1-3-2/h8-10H,3-7,13H2,1-2H3,(H,16,17);3H2,1-2H3. The van der Waals surface area contributed by atoms with Crippen molar-refractivity contribution in [3.63, 3.8) is 0 Å². The van der Waals surface area contributed by atoms with E-state index in [9.17, 15) is 9.59 Å². The molecule has 5 nitrogen and oxygen atoms in total. The third-order valence-electron chi connectivity index (χ3n) is 3.41. The minimum absolute atomic E-state index is 0.0240. The van der Waals surface area contributed by atoms with E-state index in [0.717, 1.165) is 12.8 Å². The van der Waals surface area contributed by atoms with Gasteiger partial charge >= 0.3 is 6.09 Å². The molecule has 1 rings (SSSR count). The van der Waals surface area contributed by atoms with E-state index in [4.69, 9.17) is 10.8 Å². The first kappa shape index (κ1) is 18.9. The Kier molecular flexibility index (Phi) is 9.21. The van der Waals surface area contributed by atoms with Crippen molar-refractivity contribution < 1.29 is 14.7 Å². The highest BCUT2D eigenvalue weighted by molar-refractivity contribution is 5.85. The summed E-state index contributed by atoms with van der Waals surface area (Å²) in [6.45, 7) is 9.08. The van der Waals surface area contributed by atoms with E-state index in [-0.39, 0.29) is 11.7 Å². The highest BCUT2D eigenvalue weighted by Crippen LogP contribution is 2.22. The quantitative estimate of drug-likeness (QED) is 0.832. The summed E-state index contributed by atoms with van der Waals surface area (Å²) < 4.78 is 0. The smallest absolute Gasteiger partial charge is 0.407 e. The number of carbonyl (C=O) groups excluding carboxylic acids is 1. The van der Waals surface area contributed by atoms with Gasteiger partial charge in [0.25, 0.3) is 0 Å². The summed E-state index contributed by atoms with van der Waals surface area (Å²) in [4.78, 5) is 23.8. The number of hydrogen-bond acceptors (Lipinski definition) is 3. The van der Waals surface area contributed by atoms with Gasteiger partial charge < -0.3 is 15.7 Å². The van der Waals surface area contributed by atoms with Crippen molar-refractivity contribution in [1.82, 2.24) is 4.90 Å². The van der Waals surface area contributed by atoms with Crippen LogP contribution < -0.4 is 5.73 Å². The molecule has 20 heavy (non-hydrogen) atoms.